The Morgan fingerprint density at radius 2 is 2.05 bits per heavy atom. The van der Waals surface area contributed by atoms with Crippen LogP contribution in [0.1, 0.15) is 61.9 Å². The lowest BCUT2D eigenvalue weighted by molar-refractivity contribution is -0.130. The van der Waals surface area contributed by atoms with Gasteiger partial charge in [-0.1, -0.05) is 33.1 Å². The minimum Gasteiger partial charge on any atom is -0.321 e. The maximum Gasteiger partial charge on any atom is 0.241 e. The van der Waals surface area contributed by atoms with E-state index in [9.17, 15) is 4.79 Å². The average Bonchev–Trinajstić information content (AvgIpc) is 2.99. The molecule has 20 heavy (non-hydrogen) atoms. The molecular weight excluding hydrogens is 268 g/mol. The first-order valence-electron chi connectivity index (χ1n) is 7.80. The summed E-state index contributed by atoms with van der Waals surface area (Å²) >= 11 is 1.79. The van der Waals surface area contributed by atoms with Crippen LogP contribution in [0.4, 0.5) is 0 Å². The van der Waals surface area contributed by atoms with Crippen molar-refractivity contribution in [1.29, 1.82) is 0 Å². The second-order valence-electron chi connectivity index (χ2n) is 5.57. The number of unbranched alkanes of at least 4 members (excludes halogenated alkanes) is 3. The van der Waals surface area contributed by atoms with Gasteiger partial charge in [0, 0.05) is 16.3 Å². The molecule has 1 N–H and O–H groups in total. The van der Waals surface area contributed by atoms with Gasteiger partial charge in [-0.3, -0.25) is 10.1 Å². The molecular formula is C16H26N2OS. The zero-order valence-corrected chi connectivity index (χ0v) is 13.6. The van der Waals surface area contributed by atoms with Crippen LogP contribution < -0.4 is 5.32 Å². The van der Waals surface area contributed by atoms with Gasteiger partial charge in [-0.05, 0) is 31.9 Å². The van der Waals surface area contributed by atoms with Crippen LogP contribution in [-0.4, -0.2) is 23.4 Å². The molecule has 1 aromatic heterocycles. The van der Waals surface area contributed by atoms with Crippen molar-refractivity contribution in [1.82, 2.24) is 10.2 Å². The van der Waals surface area contributed by atoms with Crippen LogP contribution in [-0.2, 0) is 4.79 Å². The summed E-state index contributed by atoms with van der Waals surface area (Å²) in [4.78, 5) is 17.1. The van der Waals surface area contributed by atoms with Crippen molar-refractivity contribution < 1.29 is 4.79 Å². The van der Waals surface area contributed by atoms with Crippen molar-refractivity contribution in [2.24, 2.45) is 0 Å². The molecule has 3 nitrogen and oxygen atoms in total. The van der Waals surface area contributed by atoms with Crippen LogP contribution in [0.5, 0.6) is 0 Å². The van der Waals surface area contributed by atoms with Crippen molar-refractivity contribution in [2.75, 3.05) is 6.54 Å². The number of thiophene rings is 1. The quantitative estimate of drug-likeness (QED) is 0.775. The predicted octanol–water partition coefficient (Wildman–Crippen LogP) is 3.85. The summed E-state index contributed by atoms with van der Waals surface area (Å²) in [5.74, 6) is 0.278. The molecule has 0 radical (unpaired) electrons. The second kappa shape index (κ2) is 7.23. The Labute approximate surface area is 126 Å². The van der Waals surface area contributed by atoms with Gasteiger partial charge in [0.05, 0.1) is 6.04 Å². The van der Waals surface area contributed by atoms with Gasteiger partial charge >= 0.3 is 0 Å². The Morgan fingerprint density at radius 3 is 2.65 bits per heavy atom. The highest BCUT2D eigenvalue weighted by Crippen LogP contribution is 2.31. The number of nitrogens with one attached hydrogen (secondary N) is 1. The van der Waals surface area contributed by atoms with E-state index in [1.54, 1.807) is 11.3 Å². The number of nitrogens with zero attached hydrogens (tertiary/aromatic N) is 1. The van der Waals surface area contributed by atoms with Gasteiger partial charge in [-0.15, -0.1) is 11.3 Å². The van der Waals surface area contributed by atoms with Crippen LogP contribution >= 0.6 is 11.3 Å². The van der Waals surface area contributed by atoms with E-state index in [1.807, 2.05) is 0 Å². The van der Waals surface area contributed by atoms with E-state index >= 15 is 0 Å². The fourth-order valence-corrected chi connectivity index (χ4v) is 3.71. The van der Waals surface area contributed by atoms with Crippen LogP contribution in [0, 0.1) is 6.92 Å². The van der Waals surface area contributed by atoms with Crippen LogP contribution in [0.3, 0.4) is 0 Å². The van der Waals surface area contributed by atoms with E-state index in [0.717, 1.165) is 19.4 Å². The first kappa shape index (κ1) is 15.5. The summed E-state index contributed by atoms with van der Waals surface area (Å²) in [7, 11) is 0. The topological polar surface area (TPSA) is 32.3 Å². The molecule has 1 saturated heterocycles. The number of hydrogen-bond acceptors (Lipinski definition) is 3. The summed E-state index contributed by atoms with van der Waals surface area (Å²) in [5.41, 5.74) is 0. The molecule has 1 aliphatic heterocycles. The maximum atomic E-state index is 12.5. The fourth-order valence-electron chi connectivity index (χ4n) is 2.76. The number of hydrogen-bond donors (Lipinski definition) is 1. The molecule has 1 amide bonds. The molecule has 1 aromatic rings. The Bertz CT molecular complexity index is 443. The van der Waals surface area contributed by atoms with Crippen molar-refractivity contribution in [3.8, 4) is 0 Å². The van der Waals surface area contributed by atoms with E-state index in [4.69, 9.17) is 0 Å². The Kier molecular flexibility index (Phi) is 5.61. The highest BCUT2D eigenvalue weighted by molar-refractivity contribution is 7.12. The van der Waals surface area contributed by atoms with Crippen LogP contribution in [0.2, 0.25) is 0 Å². The SMILES string of the molecule is CCCCCCN1C(=O)C(CC)NC1c1ccc(C)s1. The Morgan fingerprint density at radius 1 is 1.25 bits per heavy atom. The molecule has 0 saturated carbocycles. The zero-order valence-electron chi connectivity index (χ0n) is 12.8. The van der Waals surface area contributed by atoms with Crippen molar-refractivity contribution >= 4 is 17.2 Å². The standard InChI is InChI=1S/C16H26N2OS/c1-4-6-7-8-11-18-15(14-10-9-12(3)20-14)17-13(5-2)16(18)19/h9-10,13,15,17H,4-8,11H2,1-3H3. The first-order valence-corrected chi connectivity index (χ1v) is 8.61. The second-order valence-corrected chi connectivity index (χ2v) is 6.89. The normalized spacial score (nSPS) is 22.8. The number of carbonyl (C=O) groups is 1. The lowest BCUT2D eigenvalue weighted by Gasteiger charge is -2.23. The molecule has 1 fully saturated rings. The van der Waals surface area contributed by atoms with Gasteiger partial charge in [0.2, 0.25) is 5.91 Å². The minimum absolute atomic E-state index is 0.00594. The monoisotopic (exact) mass is 294 g/mol. The van der Waals surface area contributed by atoms with Gasteiger partial charge in [-0.2, -0.15) is 0 Å². The van der Waals surface area contributed by atoms with Gasteiger partial charge in [0.1, 0.15) is 6.17 Å². The molecule has 2 unspecified atom stereocenters. The van der Waals surface area contributed by atoms with Crippen molar-refractivity contribution in [3.63, 3.8) is 0 Å². The van der Waals surface area contributed by atoms with Crippen LogP contribution in [0.25, 0.3) is 0 Å². The summed E-state index contributed by atoms with van der Waals surface area (Å²) in [6, 6.07) is 4.29. The van der Waals surface area contributed by atoms with Gasteiger partial charge < -0.3 is 4.90 Å². The molecule has 2 heterocycles. The Balaban J connectivity index is 2.05. The number of carbonyl (C=O) groups excluding carboxylic acids is 1. The van der Waals surface area contributed by atoms with Gasteiger partial charge in [0.15, 0.2) is 0 Å². The third-order valence-electron chi connectivity index (χ3n) is 3.94. The molecule has 0 bridgehead atoms. The molecule has 2 rings (SSSR count). The van der Waals surface area contributed by atoms with E-state index in [-0.39, 0.29) is 18.1 Å². The molecule has 4 heteroatoms. The average molecular weight is 294 g/mol. The van der Waals surface area contributed by atoms with Crippen molar-refractivity contribution in [2.45, 2.75) is 65.1 Å². The van der Waals surface area contributed by atoms with Crippen LogP contribution in [0.15, 0.2) is 12.1 Å². The van der Waals surface area contributed by atoms with Crippen molar-refractivity contribution in [3.05, 3.63) is 21.9 Å². The minimum atomic E-state index is -0.00594. The zero-order chi connectivity index (χ0) is 14.5. The van der Waals surface area contributed by atoms with Gasteiger partial charge in [-0.25, -0.2) is 0 Å². The molecule has 112 valence electrons. The summed E-state index contributed by atoms with van der Waals surface area (Å²) in [6.45, 7) is 7.29. The van der Waals surface area contributed by atoms with Gasteiger partial charge in [0.25, 0.3) is 0 Å². The molecule has 0 aromatic carbocycles. The smallest absolute Gasteiger partial charge is 0.241 e. The summed E-state index contributed by atoms with van der Waals surface area (Å²) in [5, 5.41) is 3.50. The highest BCUT2D eigenvalue weighted by Gasteiger charge is 2.38. The van der Waals surface area contributed by atoms with E-state index < -0.39 is 0 Å². The number of rotatable bonds is 7. The lowest BCUT2D eigenvalue weighted by atomic mass is 10.2. The molecule has 2 atom stereocenters. The molecule has 1 aliphatic rings. The largest absolute Gasteiger partial charge is 0.321 e. The summed E-state index contributed by atoms with van der Waals surface area (Å²) in [6.07, 6.45) is 5.77. The molecule has 0 aliphatic carbocycles. The predicted molar refractivity (Wildman–Crippen MR) is 84.9 cm³/mol. The Hall–Kier alpha value is -0.870. The highest BCUT2D eigenvalue weighted by atomic mass is 32.1. The summed E-state index contributed by atoms with van der Waals surface area (Å²) < 4.78 is 0. The van der Waals surface area contributed by atoms with E-state index in [0.29, 0.717) is 0 Å². The molecule has 0 spiro atoms. The number of amides is 1. The van der Waals surface area contributed by atoms with E-state index in [1.165, 1.54) is 29.0 Å². The maximum absolute atomic E-state index is 12.5. The first-order chi connectivity index (χ1) is 9.67. The third-order valence-corrected chi connectivity index (χ3v) is 5.00. The lowest BCUT2D eigenvalue weighted by Crippen LogP contribution is -2.31. The van der Waals surface area contributed by atoms with E-state index in [2.05, 4.69) is 43.1 Å². The third kappa shape index (κ3) is 3.41. The number of aryl methyl sites for hydroxylation is 1. The fraction of sp³-hybridized carbons (Fsp3) is 0.688.